The molecule has 4 aromatic heterocycles. The van der Waals surface area contributed by atoms with Crippen LogP contribution in [0.3, 0.4) is 0 Å². The molecular formula is C20H31N11O18P3+. The summed E-state index contributed by atoms with van der Waals surface area (Å²) >= 11 is 0. The van der Waals surface area contributed by atoms with E-state index in [1.807, 2.05) is 0 Å². The van der Waals surface area contributed by atoms with Gasteiger partial charge in [-0.2, -0.15) is 13.6 Å². The number of aromatic nitrogens is 8. The van der Waals surface area contributed by atoms with Crippen molar-refractivity contribution in [2.45, 2.75) is 49.1 Å². The fourth-order valence-electron chi connectivity index (χ4n) is 5.17. The van der Waals surface area contributed by atoms with Crippen LogP contribution in [0.1, 0.15) is 12.5 Å². The van der Waals surface area contributed by atoms with Gasteiger partial charge in [-0.25, -0.2) is 23.2 Å². The van der Waals surface area contributed by atoms with Crippen LogP contribution >= 0.6 is 23.5 Å². The molecule has 0 aliphatic carbocycles. The molecule has 0 radical (unpaired) electrons. The highest BCUT2D eigenvalue weighted by molar-refractivity contribution is 7.66. The fourth-order valence-corrected chi connectivity index (χ4v) is 8.69. The number of phosphoric acid groups is 3. The first kappa shape index (κ1) is 39.6. The molecule has 52 heavy (non-hydrogen) atoms. The minimum atomic E-state index is -6.00. The molecule has 6 rings (SSSR count). The highest BCUT2D eigenvalue weighted by Crippen LogP contribution is 2.67. The van der Waals surface area contributed by atoms with E-state index in [0.717, 1.165) is 21.8 Å². The summed E-state index contributed by atoms with van der Waals surface area (Å²) in [6, 6.07) is 0. The SMILES string of the molecule is N.Nc1nc2c(ncn2C2OC(COP(=O)(O)OP(=O)(O)OP(=O)(O)OCC3OC([n+]4c[nH]c5c(=O)[nH]c(N)nc54)C(O)C3O)C(O)C2O)c(=O)[nH]1. The van der Waals surface area contributed by atoms with Crippen LogP contribution in [0.5, 0.6) is 0 Å². The first-order valence-electron chi connectivity index (χ1n) is 14.0. The number of nitrogens with two attached hydrogens (primary N) is 2. The molecule has 0 amide bonds. The molecule has 0 saturated carbocycles. The lowest BCUT2D eigenvalue weighted by molar-refractivity contribution is -0.745. The minimum absolute atomic E-state index is 0. The Balaban J connectivity index is 0.00000523. The molecule has 2 saturated heterocycles. The second-order valence-electron chi connectivity index (χ2n) is 10.9. The van der Waals surface area contributed by atoms with Crippen molar-refractivity contribution in [3.63, 3.8) is 0 Å². The summed E-state index contributed by atoms with van der Waals surface area (Å²) in [5, 5.41) is 41.9. The number of phosphoric ester groups is 2. The smallest absolute Gasteiger partial charge is 0.387 e. The molecule has 32 heteroatoms. The summed E-state index contributed by atoms with van der Waals surface area (Å²) in [5.74, 6) is -0.601. The number of imidazole rings is 2. The van der Waals surface area contributed by atoms with Crippen molar-refractivity contribution < 1.29 is 80.5 Å². The molecule has 288 valence electrons. The van der Waals surface area contributed by atoms with Gasteiger partial charge in [0.25, 0.3) is 17.1 Å². The molecule has 2 fully saturated rings. The summed E-state index contributed by atoms with van der Waals surface area (Å²) in [5.41, 5.74) is 9.16. The summed E-state index contributed by atoms with van der Waals surface area (Å²) in [4.78, 5) is 72.7. The van der Waals surface area contributed by atoms with E-state index in [2.05, 4.69) is 47.6 Å². The number of fused-ring (bicyclic) bond motifs is 2. The van der Waals surface area contributed by atoms with Gasteiger partial charge >= 0.3 is 29.1 Å². The number of H-pyrrole nitrogens is 3. The fraction of sp³-hybridized carbons (Fsp3) is 0.500. The summed E-state index contributed by atoms with van der Waals surface area (Å²) in [6.07, 6.45) is -11.1. The molecule has 2 aliphatic rings. The molecule has 0 aromatic carbocycles. The molecule has 0 bridgehead atoms. The topological polar surface area (TPSA) is 464 Å². The molecule has 11 atom stereocenters. The van der Waals surface area contributed by atoms with Gasteiger partial charge in [0.05, 0.1) is 19.5 Å². The van der Waals surface area contributed by atoms with E-state index < -0.39 is 96.9 Å². The second-order valence-corrected chi connectivity index (χ2v) is 15.5. The molecule has 11 unspecified atom stereocenters. The lowest BCUT2D eigenvalue weighted by Gasteiger charge is -2.21. The monoisotopic (exact) mass is 806 g/mol. The number of hydrogen-bond donors (Lipinski definition) is 13. The van der Waals surface area contributed by atoms with Gasteiger partial charge in [0.2, 0.25) is 17.7 Å². The van der Waals surface area contributed by atoms with Crippen molar-refractivity contribution in [1.82, 2.24) is 40.6 Å². The third-order valence-electron chi connectivity index (χ3n) is 7.40. The largest absolute Gasteiger partial charge is 0.490 e. The maximum Gasteiger partial charge on any atom is 0.490 e. The van der Waals surface area contributed by atoms with Crippen molar-refractivity contribution in [2.75, 3.05) is 24.7 Å². The molecule has 2 aliphatic heterocycles. The third kappa shape index (κ3) is 7.86. The first-order valence-corrected chi connectivity index (χ1v) is 18.5. The van der Waals surface area contributed by atoms with Crippen molar-refractivity contribution in [2.24, 2.45) is 0 Å². The lowest BCUT2D eigenvalue weighted by Crippen LogP contribution is -2.46. The van der Waals surface area contributed by atoms with Crippen LogP contribution < -0.4 is 33.3 Å². The van der Waals surface area contributed by atoms with Gasteiger partial charge < -0.3 is 62.2 Å². The molecule has 17 N–H and O–H groups in total. The third-order valence-corrected chi connectivity index (χ3v) is 11.7. The van der Waals surface area contributed by atoms with E-state index in [4.69, 9.17) is 20.9 Å². The molecule has 4 aromatic rings. The Morgan fingerprint density at radius 1 is 0.827 bits per heavy atom. The molecular weight excluding hydrogens is 775 g/mol. The van der Waals surface area contributed by atoms with Gasteiger partial charge in [-0.1, -0.05) is 4.98 Å². The van der Waals surface area contributed by atoms with Gasteiger partial charge in [0, 0.05) is 0 Å². The van der Waals surface area contributed by atoms with E-state index in [-0.39, 0.29) is 40.4 Å². The van der Waals surface area contributed by atoms with Gasteiger partial charge in [-0.3, -0.25) is 38.2 Å². The zero-order chi connectivity index (χ0) is 37.2. The number of ether oxygens (including phenoxy) is 2. The number of aromatic amines is 3. The number of hydrogen-bond acceptors (Lipinski definition) is 21. The van der Waals surface area contributed by atoms with Crippen LogP contribution in [-0.4, -0.2) is 119 Å². The lowest BCUT2D eigenvalue weighted by atomic mass is 10.1. The number of nitrogens with zero attached hydrogens (tertiary/aromatic N) is 5. The predicted octanol–water partition coefficient (Wildman–Crippen LogP) is -4.40. The summed E-state index contributed by atoms with van der Waals surface area (Å²) in [7, 11) is -17.4. The number of nitrogens with one attached hydrogen (secondary N) is 3. The Morgan fingerprint density at radius 2 is 1.38 bits per heavy atom. The Bertz CT molecular complexity index is 2080. The van der Waals surface area contributed by atoms with Crippen molar-refractivity contribution in [1.29, 1.82) is 0 Å². The Hall–Kier alpha value is -3.57. The Morgan fingerprint density at radius 3 is 2.02 bits per heavy atom. The van der Waals surface area contributed by atoms with E-state index in [0.29, 0.717) is 0 Å². The van der Waals surface area contributed by atoms with Crippen LogP contribution in [0.4, 0.5) is 11.9 Å². The second kappa shape index (κ2) is 14.3. The predicted molar refractivity (Wildman–Crippen MR) is 164 cm³/mol. The minimum Gasteiger partial charge on any atom is -0.387 e. The number of rotatable bonds is 12. The van der Waals surface area contributed by atoms with Crippen molar-refractivity contribution in [3.8, 4) is 0 Å². The zero-order valence-corrected chi connectivity index (χ0v) is 28.4. The van der Waals surface area contributed by atoms with Gasteiger partial charge in [0.1, 0.15) is 36.6 Å². The van der Waals surface area contributed by atoms with E-state index in [1.54, 1.807) is 0 Å². The summed E-state index contributed by atoms with van der Waals surface area (Å²) < 4.78 is 67.5. The quantitative estimate of drug-likeness (QED) is 0.0475. The van der Waals surface area contributed by atoms with Crippen LogP contribution in [0.2, 0.25) is 0 Å². The zero-order valence-electron chi connectivity index (χ0n) is 25.7. The van der Waals surface area contributed by atoms with Gasteiger partial charge in [-0.15, -0.1) is 0 Å². The normalized spacial score (nSPS) is 29.8. The average Bonchev–Trinajstić information content (AvgIpc) is 3.76. The Labute approximate surface area is 286 Å². The van der Waals surface area contributed by atoms with Crippen molar-refractivity contribution >= 4 is 57.7 Å². The van der Waals surface area contributed by atoms with Gasteiger partial charge in [-0.05, 0) is 0 Å². The average molecular weight is 806 g/mol. The van der Waals surface area contributed by atoms with Crippen LogP contribution in [0.25, 0.3) is 22.3 Å². The first-order chi connectivity index (χ1) is 23.8. The molecule has 6 heterocycles. The summed E-state index contributed by atoms with van der Waals surface area (Å²) in [6.45, 7) is -2.18. The Kier molecular flexibility index (Phi) is 10.9. The van der Waals surface area contributed by atoms with Crippen LogP contribution in [0.15, 0.2) is 22.2 Å². The van der Waals surface area contributed by atoms with Crippen LogP contribution in [-0.2, 0) is 40.8 Å². The number of aliphatic hydroxyl groups excluding tert-OH is 4. The number of aliphatic hydroxyl groups is 4. The van der Waals surface area contributed by atoms with Gasteiger partial charge in [0.15, 0.2) is 23.7 Å². The number of nitrogen functional groups attached to an aromatic ring is 2. The maximum absolute atomic E-state index is 12.4. The van der Waals surface area contributed by atoms with Crippen molar-refractivity contribution in [3.05, 3.63) is 33.4 Å². The van der Waals surface area contributed by atoms with E-state index >= 15 is 0 Å². The van der Waals surface area contributed by atoms with E-state index in [9.17, 15) is 58.4 Å². The molecule has 0 spiro atoms. The van der Waals surface area contributed by atoms with Crippen LogP contribution in [0, 0.1) is 0 Å². The molecule has 29 nitrogen and oxygen atoms in total. The number of anilines is 2. The maximum atomic E-state index is 12.4. The standard InChI is InChI=1S/C20H27N10O18P3.H3N/c21-19-25-13-7(15(35)27-19)23-3-29(13)17-11(33)9(31)5(45-17)1-43-49(37,38)47-51(41,42)48-50(39,40)44-2-6-10(32)12(34)18(46-6)30-4-24-8-14(30)26-20(22)28-16(8)36;/h3-6,9-12,17-18,31-34H,1-2H2,(H9,21,22,25,26,27,28,35,36,37,38,39,40,41,42);1H3/p+1. The van der Waals surface area contributed by atoms with E-state index in [1.165, 1.54) is 0 Å². The highest BCUT2D eigenvalue weighted by atomic mass is 31.3. The highest BCUT2D eigenvalue weighted by Gasteiger charge is 2.50.